The van der Waals surface area contributed by atoms with Crippen LogP contribution in [0.25, 0.3) is 0 Å². The van der Waals surface area contributed by atoms with E-state index >= 15 is 0 Å². The van der Waals surface area contributed by atoms with Crippen molar-refractivity contribution in [3.05, 3.63) is 52.4 Å². The van der Waals surface area contributed by atoms with Crippen molar-refractivity contribution in [1.82, 2.24) is 4.98 Å². The minimum atomic E-state index is -3.89. The molecule has 0 aliphatic carbocycles. The van der Waals surface area contributed by atoms with Gasteiger partial charge in [0.25, 0.3) is 10.0 Å². The fraction of sp³-hybridized carbons (Fsp3) is 0. The molecule has 1 aromatic carbocycles. The molecule has 0 saturated carbocycles. The zero-order valence-electron chi connectivity index (χ0n) is 9.27. The first-order chi connectivity index (χ1) is 8.88. The van der Waals surface area contributed by atoms with Gasteiger partial charge in [-0.15, -0.1) is 0 Å². The maximum absolute atomic E-state index is 13.0. The van der Waals surface area contributed by atoms with Gasteiger partial charge in [0.15, 0.2) is 0 Å². The van der Waals surface area contributed by atoms with E-state index in [1.165, 1.54) is 18.3 Å². The van der Waals surface area contributed by atoms with Crippen LogP contribution in [-0.4, -0.2) is 13.4 Å². The first kappa shape index (κ1) is 14.0. The molecule has 8 heteroatoms. The van der Waals surface area contributed by atoms with Crippen molar-refractivity contribution < 1.29 is 12.8 Å². The fourth-order valence-corrected chi connectivity index (χ4v) is 2.73. The van der Waals surface area contributed by atoms with E-state index in [0.717, 1.165) is 18.2 Å². The Hall–Kier alpha value is -1.37. The molecule has 1 heterocycles. The average molecular weight is 321 g/mol. The lowest BCUT2D eigenvalue weighted by Gasteiger charge is -2.07. The molecule has 0 saturated heterocycles. The molecule has 1 aromatic heterocycles. The number of halogens is 3. The fourth-order valence-electron chi connectivity index (χ4n) is 1.30. The van der Waals surface area contributed by atoms with Crippen LogP contribution in [0.3, 0.4) is 0 Å². The lowest BCUT2D eigenvalue weighted by Crippen LogP contribution is -2.14. The number of rotatable bonds is 3. The number of nitrogens with zero attached hydrogens (tertiary/aromatic N) is 1. The lowest BCUT2D eigenvalue weighted by atomic mass is 10.3. The highest BCUT2D eigenvalue weighted by atomic mass is 35.5. The van der Waals surface area contributed by atoms with Gasteiger partial charge in [-0.05, 0) is 24.3 Å². The van der Waals surface area contributed by atoms with Gasteiger partial charge in [-0.3, -0.25) is 4.72 Å². The summed E-state index contributed by atoms with van der Waals surface area (Å²) >= 11 is 11.3. The first-order valence-corrected chi connectivity index (χ1v) is 7.22. The molecule has 4 nitrogen and oxygen atoms in total. The van der Waals surface area contributed by atoms with Gasteiger partial charge >= 0.3 is 0 Å². The summed E-state index contributed by atoms with van der Waals surface area (Å²) in [5.74, 6) is -0.630. The molecule has 0 unspecified atom stereocenters. The number of nitrogens with one attached hydrogen (secondary N) is 1. The Morgan fingerprint density at radius 3 is 2.53 bits per heavy atom. The van der Waals surface area contributed by atoms with Crippen LogP contribution in [0.1, 0.15) is 0 Å². The molecule has 19 heavy (non-hydrogen) atoms. The van der Waals surface area contributed by atoms with Crippen LogP contribution in [0, 0.1) is 5.82 Å². The molecule has 2 rings (SSSR count). The minimum absolute atomic E-state index is 0.0629. The van der Waals surface area contributed by atoms with Gasteiger partial charge < -0.3 is 0 Å². The normalized spacial score (nSPS) is 11.3. The Morgan fingerprint density at radius 1 is 1.16 bits per heavy atom. The minimum Gasteiger partial charge on any atom is -0.263 e. The molecule has 0 aliphatic heterocycles. The summed E-state index contributed by atoms with van der Waals surface area (Å²) in [5, 5.41) is 0.0618. The number of hydrogen-bond donors (Lipinski definition) is 1. The summed E-state index contributed by atoms with van der Waals surface area (Å²) in [6, 6.07) is 5.96. The zero-order chi connectivity index (χ0) is 14.0. The topological polar surface area (TPSA) is 59.1 Å². The Morgan fingerprint density at radius 2 is 1.89 bits per heavy atom. The van der Waals surface area contributed by atoms with E-state index < -0.39 is 15.8 Å². The maximum Gasteiger partial charge on any atom is 0.263 e. The molecule has 2 aromatic rings. The Kier molecular flexibility index (Phi) is 3.93. The van der Waals surface area contributed by atoms with Crippen LogP contribution in [0.15, 0.2) is 41.4 Å². The van der Waals surface area contributed by atoms with Crippen molar-refractivity contribution in [2.24, 2.45) is 0 Å². The van der Waals surface area contributed by atoms with E-state index in [1.807, 2.05) is 0 Å². The van der Waals surface area contributed by atoms with Gasteiger partial charge in [0.2, 0.25) is 0 Å². The third-order valence-electron chi connectivity index (χ3n) is 2.16. The number of sulfonamides is 1. The summed E-state index contributed by atoms with van der Waals surface area (Å²) in [4.78, 5) is 3.64. The second kappa shape index (κ2) is 5.32. The molecular formula is C11H7Cl2FN2O2S. The highest BCUT2D eigenvalue weighted by molar-refractivity contribution is 7.92. The van der Waals surface area contributed by atoms with E-state index in [1.54, 1.807) is 0 Å². The van der Waals surface area contributed by atoms with Crippen LogP contribution >= 0.6 is 23.2 Å². The summed E-state index contributed by atoms with van der Waals surface area (Å²) < 4.78 is 39.2. The van der Waals surface area contributed by atoms with Gasteiger partial charge in [0, 0.05) is 17.3 Å². The smallest absolute Gasteiger partial charge is 0.263 e. The van der Waals surface area contributed by atoms with E-state index in [-0.39, 0.29) is 15.7 Å². The molecule has 0 amide bonds. The third kappa shape index (κ3) is 3.34. The van der Waals surface area contributed by atoms with Crippen molar-refractivity contribution in [1.29, 1.82) is 0 Å². The van der Waals surface area contributed by atoms with E-state index in [2.05, 4.69) is 9.71 Å². The van der Waals surface area contributed by atoms with Crippen LogP contribution < -0.4 is 4.72 Å². The molecule has 0 fully saturated rings. The summed E-state index contributed by atoms with van der Waals surface area (Å²) in [5.41, 5.74) is 0. The number of benzene rings is 1. The van der Waals surface area contributed by atoms with E-state index in [0.29, 0.717) is 5.02 Å². The van der Waals surface area contributed by atoms with Gasteiger partial charge in [0.1, 0.15) is 11.6 Å². The average Bonchev–Trinajstić information content (AvgIpc) is 2.32. The molecule has 100 valence electrons. The predicted octanol–water partition coefficient (Wildman–Crippen LogP) is 3.33. The summed E-state index contributed by atoms with van der Waals surface area (Å²) in [6.45, 7) is 0. The molecule has 0 radical (unpaired) electrons. The van der Waals surface area contributed by atoms with Crippen LogP contribution in [0.4, 0.5) is 10.2 Å². The van der Waals surface area contributed by atoms with Gasteiger partial charge in [-0.25, -0.2) is 17.8 Å². The quantitative estimate of drug-likeness (QED) is 0.943. The monoisotopic (exact) mass is 320 g/mol. The Bertz CT molecular complexity index is 722. The second-order valence-electron chi connectivity index (χ2n) is 3.54. The first-order valence-electron chi connectivity index (χ1n) is 4.98. The van der Waals surface area contributed by atoms with Crippen molar-refractivity contribution in [3.8, 4) is 0 Å². The van der Waals surface area contributed by atoms with Gasteiger partial charge in [-0.2, -0.15) is 0 Å². The standard InChI is InChI=1S/C11H7Cl2FN2O2S/c12-7-3-4-15-11(5-7)16-19(17,18)8-1-2-10(14)9(13)6-8/h1-6H,(H,15,16). The van der Waals surface area contributed by atoms with Crippen molar-refractivity contribution in [2.75, 3.05) is 4.72 Å². The van der Waals surface area contributed by atoms with E-state index in [4.69, 9.17) is 23.2 Å². The molecule has 0 atom stereocenters. The van der Waals surface area contributed by atoms with Gasteiger partial charge in [0.05, 0.1) is 9.92 Å². The SMILES string of the molecule is O=S(=O)(Nc1cc(Cl)ccn1)c1ccc(F)c(Cl)c1. The lowest BCUT2D eigenvalue weighted by molar-refractivity contribution is 0.599. The number of pyridine rings is 1. The van der Waals surface area contributed by atoms with Crippen LogP contribution in [-0.2, 0) is 10.0 Å². The van der Waals surface area contributed by atoms with Crippen LogP contribution in [0.5, 0.6) is 0 Å². The zero-order valence-corrected chi connectivity index (χ0v) is 11.6. The highest BCUT2D eigenvalue weighted by Crippen LogP contribution is 2.21. The van der Waals surface area contributed by atoms with Crippen molar-refractivity contribution in [2.45, 2.75) is 4.90 Å². The van der Waals surface area contributed by atoms with Crippen molar-refractivity contribution in [3.63, 3.8) is 0 Å². The number of hydrogen-bond acceptors (Lipinski definition) is 3. The summed E-state index contributed by atoms with van der Waals surface area (Å²) in [6.07, 6.45) is 1.36. The Labute approximate surface area is 119 Å². The maximum atomic E-state index is 13.0. The molecule has 0 aliphatic rings. The second-order valence-corrected chi connectivity index (χ2v) is 6.07. The van der Waals surface area contributed by atoms with Crippen LogP contribution in [0.2, 0.25) is 10.0 Å². The molecule has 1 N–H and O–H groups in total. The largest absolute Gasteiger partial charge is 0.263 e. The van der Waals surface area contributed by atoms with E-state index in [9.17, 15) is 12.8 Å². The van der Waals surface area contributed by atoms with Gasteiger partial charge in [-0.1, -0.05) is 23.2 Å². The molecule has 0 bridgehead atoms. The predicted molar refractivity (Wildman–Crippen MR) is 71.5 cm³/mol. The van der Waals surface area contributed by atoms with Crippen molar-refractivity contribution >= 4 is 39.0 Å². The highest BCUT2D eigenvalue weighted by Gasteiger charge is 2.16. The third-order valence-corrected chi connectivity index (χ3v) is 4.04. The molecular weight excluding hydrogens is 314 g/mol. The Balaban J connectivity index is 2.35. The molecule has 0 spiro atoms. The number of aromatic nitrogens is 1. The number of anilines is 1. The summed E-state index contributed by atoms with van der Waals surface area (Å²) in [7, 11) is -3.89.